The van der Waals surface area contributed by atoms with Gasteiger partial charge in [0.15, 0.2) is 15.9 Å². The van der Waals surface area contributed by atoms with Crippen molar-refractivity contribution in [3.05, 3.63) is 51.9 Å². The lowest BCUT2D eigenvalue weighted by Gasteiger charge is -2.15. The molecule has 24 heavy (non-hydrogen) atoms. The summed E-state index contributed by atoms with van der Waals surface area (Å²) in [5.74, 6) is -1.81. The highest BCUT2D eigenvalue weighted by atomic mass is 32.2. The van der Waals surface area contributed by atoms with Gasteiger partial charge in [0.25, 0.3) is 5.91 Å². The quantitative estimate of drug-likeness (QED) is 0.845. The minimum atomic E-state index is -3.40. The molecule has 8 heteroatoms. The minimum absolute atomic E-state index is 0.0610. The number of hydrogen-bond acceptors (Lipinski definition) is 5. The maximum atomic E-state index is 12.3. The predicted molar refractivity (Wildman–Crippen MR) is 91.2 cm³/mol. The Morgan fingerprint density at radius 1 is 1.12 bits per heavy atom. The van der Waals surface area contributed by atoms with Crippen LogP contribution in [-0.2, 0) is 14.6 Å². The van der Waals surface area contributed by atoms with Crippen molar-refractivity contribution in [1.29, 1.82) is 0 Å². The Morgan fingerprint density at radius 3 is 2.17 bits per heavy atom. The molecule has 0 aliphatic carbocycles. The third-order valence-corrected chi connectivity index (χ3v) is 6.17. The van der Waals surface area contributed by atoms with Crippen LogP contribution < -0.4 is 5.32 Å². The van der Waals surface area contributed by atoms with Gasteiger partial charge in [-0.3, -0.25) is 4.79 Å². The van der Waals surface area contributed by atoms with Gasteiger partial charge in [0.05, 0.1) is 4.88 Å². The first-order valence-electron chi connectivity index (χ1n) is 6.99. The van der Waals surface area contributed by atoms with Gasteiger partial charge in [0.2, 0.25) is 0 Å². The molecule has 0 bridgehead atoms. The van der Waals surface area contributed by atoms with Crippen LogP contribution in [0.15, 0.2) is 34.5 Å². The van der Waals surface area contributed by atoms with Crippen molar-refractivity contribution in [3.63, 3.8) is 0 Å². The number of carbonyl (C=O) groups is 2. The molecule has 2 rings (SSSR count). The molecule has 0 fully saturated rings. The first-order chi connectivity index (χ1) is 11.1. The molecule has 2 aromatic rings. The summed E-state index contributed by atoms with van der Waals surface area (Å²) in [5, 5.41) is 11.9. The summed E-state index contributed by atoms with van der Waals surface area (Å²) in [6.45, 7) is 3.68. The van der Waals surface area contributed by atoms with Crippen LogP contribution >= 0.6 is 11.3 Å². The molecule has 1 amide bonds. The van der Waals surface area contributed by atoms with Gasteiger partial charge in [-0.25, -0.2) is 13.2 Å². The van der Waals surface area contributed by atoms with E-state index < -0.39 is 27.8 Å². The Balaban J connectivity index is 2.29. The van der Waals surface area contributed by atoms with Gasteiger partial charge in [-0.1, -0.05) is 29.3 Å². The molecule has 1 aromatic carbocycles. The summed E-state index contributed by atoms with van der Waals surface area (Å²) in [6.07, 6.45) is 1.05. The number of thiophene rings is 1. The first kappa shape index (κ1) is 18.2. The number of aliphatic carboxylic acids is 1. The average Bonchev–Trinajstić information content (AvgIpc) is 2.92. The molecule has 2 N–H and O–H groups in total. The van der Waals surface area contributed by atoms with Crippen LogP contribution in [0, 0.1) is 13.8 Å². The summed E-state index contributed by atoms with van der Waals surface area (Å²) < 4.78 is 23.0. The van der Waals surface area contributed by atoms with Crippen LogP contribution in [-0.4, -0.2) is 31.7 Å². The number of carboxylic acid groups (broad SMARTS) is 1. The summed E-state index contributed by atoms with van der Waals surface area (Å²) in [7, 11) is -3.40. The smallest absolute Gasteiger partial charge is 0.330 e. The highest BCUT2D eigenvalue weighted by molar-refractivity contribution is 7.92. The second-order valence-corrected chi connectivity index (χ2v) is 8.88. The van der Waals surface area contributed by atoms with E-state index in [2.05, 4.69) is 5.32 Å². The predicted octanol–water partition coefficient (Wildman–Crippen LogP) is 2.32. The number of carboxylic acids is 1. The number of amides is 1. The average molecular weight is 367 g/mol. The number of aryl methyl sites for hydroxylation is 2. The lowest BCUT2D eigenvalue weighted by Crippen LogP contribution is -2.33. The highest BCUT2D eigenvalue weighted by Crippen LogP contribution is 2.23. The Kier molecular flexibility index (Phi) is 5.10. The van der Waals surface area contributed by atoms with Gasteiger partial charge in [0, 0.05) is 6.26 Å². The standard InChI is InChI=1S/C16H17NO5S2/c1-9-6-10(2)8-11(7-9)14(16(19)20)17-15(18)12-4-5-13(23-12)24(3,21)22/h4-8,14H,1-3H3,(H,17,18)(H,19,20). The molecule has 0 radical (unpaired) electrons. The molecule has 0 saturated heterocycles. The maximum absolute atomic E-state index is 12.3. The third-order valence-electron chi connectivity index (χ3n) is 3.27. The molecular weight excluding hydrogens is 350 g/mol. The van der Waals surface area contributed by atoms with E-state index >= 15 is 0 Å². The Labute approximate surface area is 144 Å². The fourth-order valence-corrected chi connectivity index (χ4v) is 4.14. The van der Waals surface area contributed by atoms with Crippen LogP contribution in [0.25, 0.3) is 0 Å². The van der Waals surface area contributed by atoms with Crippen molar-refractivity contribution in [2.75, 3.05) is 6.26 Å². The van der Waals surface area contributed by atoms with Crippen molar-refractivity contribution in [1.82, 2.24) is 5.32 Å². The van der Waals surface area contributed by atoms with Crippen molar-refractivity contribution in [2.24, 2.45) is 0 Å². The van der Waals surface area contributed by atoms with E-state index in [-0.39, 0.29) is 9.09 Å². The second-order valence-electron chi connectivity index (χ2n) is 5.56. The molecule has 1 heterocycles. The van der Waals surface area contributed by atoms with E-state index in [4.69, 9.17) is 0 Å². The SMILES string of the molecule is Cc1cc(C)cc(C(NC(=O)c2ccc(S(C)(=O)=O)s2)C(=O)O)c1. The second kappa shape index (κ2) is 6.74. The van der Waals surface area contributed by atoms with E-state index in [1.54, 1.807) is 12.1 Å². The summed E-state index contributed by atoms with van der Waals surface area (Å²) in [4.78, 5) is 24.0. The minimum Gasteiger partial charge on any atom is -0.479 e. The topological polar surface area (TPSA) is 101 Å². The third kappa shape index (κ3) is 4.21. The molecule has 1 unspecified atom stereocenters. The van der Waals surface area contributed by atoms with Crippen LogP contribution in [0.2, 0.25) is 0 Å². The highest BCUT2D eigenvalue weighted by Gasteiger charge is 2.24. The number of carbonyl (C=O) groups excluding carboxylic acids is 1. The Hall–Kier alpha value is -2.19. The fourth-order valence-electron chi connectivity index (χ4n) is 2.31. The number of benzene rings is 1. The lowest BCUT2D eigenvalue weighted by molar-refractivity contribution is -0.139. The van der Waals surface area contributed by atoms with Crippen molar-refractivity contribution in [3.8, 4) is 0 Å². The number of sulfone groups is 1. The molecule has 6 nitrogen and oxygen atoms in total. The summed E-state index contributed by atoms with van der Waals surface area (Å²) in [6, 6.07) is 6.80. The van der Waals surface area contributed by atoms with Crippen molar-refractivity contribution in [2.45, 2.75) is 24.1 Å². The van der Waals surface area contributed by atoms with Crippen LogP contribution in [0.5, 0.6) is 0 Å². The largest absolute Gasteiger partial charge is 0.479 e. The van der Waals surface area contributed by atoms with Gasteiger partial charge in [0.1, 0.15) is 4.21 Å². The zero-order valence-electron chi connectivity index (χ0n) is 13.4. The van der Waals surface area contributed by atoms with Crippen LogP contribution in [0.1, 0.15) is 32.4 Å². The van der Waals surface area contributed by atoms with E-state index in [1.165, 1.54) is 12.1 Å². The lowest BCUT2D eigenvalue weighted by atomic mass is 10.0. The summed E-state index contributed by atoms with van der Waals surface area (Å²) in [5.41, 5.74) is 2.25. The normalized spacial score (nSPS) is 12.6. The molecule has 128 valence electrons. The van der Waals surface area contributed by atoms with Crippen LogP contribution in [0.3, 0.4) is 0 Å². The monoisotopic (exact) mass is 367 g/mol. The van der Waals surface area contributed by atoms with Crippen LogP contribution in [0.4, 0.5) is 0 Å². The van der Waals surface area contributed by atoms with Gasteiger partial charge in [-0.15, -0.1) is 11.3 Å². The molecule has 1 atom stereocenters. The van der Waals surface area contributed by atoms with Crippen molar-refractivity contribution >= 4 is 33.1 Å². The van der Waals surface area contributed by atoms with Gasteiger partial charge in [-0.2, -0.15) is 0 Å². The fraction of sp³-hybridized carbons (Fsp3) is 0.250. The van der Waals surface area contributed by atoms with E-state index in [1.807, 2.05) is 19.9 Å². The van der Waals surface area contributed by atoms with Gasteiger partial charge in [-0.05, 0) is 31.5 Å². The van der Waals surface area contributed by atoms with Gasteiger partial charge < -0.3 is 10.4 Å². The molecule has 0 spiro atoms. The number of hydrogen-bond donors (Lipinski definition) is 2. The van der Waals surface area contributed by atoms with Gasteiger partial charge >= 0.3 is 5.97 Å². The molecular formula is C16H17NO5S2. The molecule has 0 saturated carbocycles. The zero-order chi connectivity index (χ0) is 18.1. The molecule has 0 aliphatic heterocycles. The van der Waals surface area contributed by atoms with E-state index in [0.717, 1.165) is 28.7 Å². The Morgan fingerprint density at radius 2 is 1.71 bits per heavy atom. The Bertz CT molecular complexity index is 879. The van der Waals surface area contributed by atoms with E-state index in [0.29, 0.717) is 5.56 Å². The number of nitrogens with one attached hydrogen (secondary N) is 1. The first-order valence-corrected chi connectivity index (χ1v) is 9.70. The number of rotatable bonds is 5. The zero-order valence-corrected chi connectivity index (χ0v) is 15.0. The summed E-state index contributed by atoms with van der Waals surface area (Å²) >= 11 is 0.810. The van der Waals surface area contributed by atoms with Crippen molar-refractivity contribution < 1.29 is 23.1 Å². The maximum Gasteiger partial charge on any atom is 0.330 e. The van der Waals surface area contributed by atoms with E-state index in [9.17, 15) is 23.1 Å². The molecule has 0 aliphatic rings. The molecule has 1 aromatic heterocycles.